The lowest BCUT2D eigenvalue weighted by Gasteiger charge is -2.35. The average Bonchev–Trinajstić information content (AvgIpc) is 2.89. The summed E-state index contributed by atoms with van der Waals surface area (Å²) >= 11 is 1.45. The summed E-state index contributed by atoms with van der Waals surface area (Å²) in [7, 11) is 0. The van der Waals surface area contributed by atoms with Crippen molar-refractivity contribution in [3.8, 4) is 0 Å². The number of aryl methyl sites for hydroxylation is 1. The van der Waals surface area contributed by atoms with Gasteiger partial charge in [0, 0.05) is 23.9 Å². The molecule has 7 nitrogen and oxygen atoms in total. The minimum atomic E-state index is -0.555. The Labute approximate surface area is 171 Å². The van der Waals surface area contributed by atoms with Crippen LogP contribution in [0.25, 0.3) is 0 Å². The molecule has 1 aliphatic rings. The normalized spacial score (nSPS) is 16.9. The molecule has 0 spiro atoms. The van der Waals surface area contributed by atoms with Gasteiger partial charge in [0.1, 0.15) is 11.2 Å². The summed E-state index contributed by atoms with van der Waals surface area (Å²) in [5.74, 6) is 0. The fourth-order valence-electron chi connectivity index (χ4n) is 3.05. The Hall–Kier alpha value is -1.83. The molecule has 0 bridgehead atoms. The van der Waals surface area contributed by atoms with Crippen LogP contribution in [-0.2, 0) is 22.3 Å². The van der Waals surface area contributed by atoms with Crippen LogP contribution in [-0.4, -0.2) is 45.9 Å². The molecular formula is C20H33N3O4S. The van der Waals surface area contributed by atoms with Crippen molar-refractivity contribution in [1.82, 2.24) is 9.88 Å². The molecule has 1 atom stereocenters. The van der Waals surface area contributed by atoms with E-state index >= 15 is 0 Å². The number of thiazole rings is 1. The van der Waals surface area contributed by atoms with Gasteiger partial charge >= 0.3 is 12.2 Å². The number of aromatic nitrogens is 1. The van der Waals surface area contributed by atoms with Gasteiger partial charge in [-0.25, -0.2) is 14.6 Å². The number of anilines is 1. The van der Waals surface area contributed by atoms with Gasteiger partial charge in [-0.05, 0) is 60.8 Å². The van der Waals surface area contributed by atoms with E-state index in [9.17, 15) is 9.59 Å². The highest BCUT2D eigenvalue weighted by molar-refractivity contribution is 7.15. The number of ether oxygens (including phenoxy) is 2. The Morgan fingerprint density at radius 1 is 1.18 bits per heavy atom. The number of rotatable bonds is 4. The van der Waals surface area contributed by atoms with Crippen LogP contribution in [0.2, 0.25) is 0 Å². The summed E-state index contributed by atoms with van der Waals surface area (Å²) in [6, 6.07) is 0.0807. The predicted octanol–water partition coefficient (Wildman–Crippen LogP) is 4.99. The van der Waals surface area contributed by atoms with Crippen molar-refractivity contribution in [2.45, 2.75) is 91.4 Å². The van der Waals surface area contributed by atoms with Gasteiger partial charge in [-0.15, -0.1) is 11.3 Å². The molecule has 1 N–H and O–H groups in total. The maximum atomic E-state index is 12.7. The third kappa shape index (κ3) is 6.65. The molecule has 8 heteroatoms. The quantitative estimate of drug-likeness (QED) is 0.754. The number of carbonyl (C=O) groups excluding carboxylic acids is 2. The molecule has 0 radical (unpaired) electrons. The Morgan fingerprint density at radius 2 is 1.82 bits per heavy atom. The van der Waals surface area contributed by atoms with Crippen LogP contribution in [0.4, 0.5) is 14.7 Å². The lowest BCUT2D eigenvalue weighted by atomic mass is 9.96. The SMILES string of the molecule is CCCN(C(=O)OC(C)(C)C)[C@H]1CCc2nc(NC(=O)OC(C)(C)C)sc2C1. The van der Waals surface area contributed by atoms with Gasteiger partial charge in [0.25, 0.3) is 0 Å². The summed E-state index contributed by atoms with van der Waals surface area (Å²) in [4.78, 5) is 32.1. The second-order valence-corrected chi connectivity index (χ2v) is 10.2. The molecule has 0 saturated carbocycles. The monoisotopic (exact) mass is 411 g/mol. The lowest BCUT2D eigenvalue weighted by Crippen LogP contribution is -2.46. The largest absolute Gasteiger partial charge is 0.444 e. The second-order valence-electron chi connectivity index (χ2n) is 9.09. The highest BCUT2D eigenvalue weighted by Crippen LogP contribution is 2.32. The van der Waals surface area contributed by atoms with Crippen molar-refractivity contribution in [3.63, 3.8) is 0 Å². The summed E-state index contributed by atoms with van der Waals surface area (Å²) < 4.78 is 10.9. The van der Waals surface area contributed by atoms with Gasteiger partial charge in [-0.1, -0.05) is 6.92 Å². The zero-order valence-corrected chi connectivity index (χ0v) is 18.9. The lowest BCUT2D eigenvalue weighted by molar-refractivity contribution is 0.0146. The van der Waals surface area contributed by atoms with E-state index in [0.717, 1.165) is 36.3 Å². The molecule has 0 aliphatic heterocycles. The van der Waals surface area contributed by atoms with Gasteiger partial charge < -0.3 is 14.4 Å². The number of carbonyl (C=O) groups is 2. The molecule has 0 unspecified atom stereocenters. The highest BCUT2D eigenvalue weighted by Gasteiger charge is 2.32. The van der Waals surface area contributed by atoms with Crippen LogP contribution in [0.1, 0.15) is 71.9 Å². The van der Waals surface area contributed by atoms with Crippen LogP contribution in [0.3, 0.4) is 0 Å². The molecule has 1 heterocycles. The molecule has 1 aromatic heterocycles. The standard InChI is InChI=1S/C20H33N3O4S/c1-8-11-23(18(25)27-20(5,6)7)13-9-10-14-15(12-13)28-16(21-14)22-17(24)26-19(2,3)4/h13H,8-12H2,1-7H3,(H,21,22,24)/t13-/m0/s1. The van der Waals surface area contributed by atoms with Crippen LogP contribution in [0.15, 0.2) is 0 Å². The van der Waals surface area contributed by atoms with Gasteiger partial charge in [-0.2, -0.15) is 0 Å². The average molecular weight is 412 g/mol. The predicted molar refractivity (Wildman–Crippen MR) is 111 cm³/mol. The molecule has 0 saturated heterocycles. The van der Waals surface area contributed by atoms with E-state index in [1.807, 2.05) is 46.4 Å². The number of nitrogens with one attached hydrogen (secondary N) is 1. The Balaban J connectivity index is 2.07. The van der Waals surface area contributed by atoms with Gasteiger partial charge in [-0.3, -0.25) is 5.32 Å². The first kappa shape index (κ1) is 22.5. The third-order valence-electron chi connectivity index (χ3n) is 4.05. The Bertz CT molecular complexity index is 703. The van der Waals surface area contributed by atoms with E-state index in [4.69, 9.17) is 9.47 Å². The Morgan fingerprint density at radius 3 is 2.39 bits per heavy atom. The molecule has 2 rings (SSSR count). The zero-order chi connectivity index (χ0) is 21.1. The Kier molecular flexibility index (Phi) is 6.96. The highest BCUT2D eigenvalue weighted by atomic mass is 32.1. The molecule has 28 heavy (non-hydrogen) atoms. The third-order valence-corrected chi connectivity index (χ3v) is 5.09. The van der Waals surface area contributed by atoms with Gasteiger partial charge in [0.15, 0.2) is 5.13 Å². The molecule has 0 fully saturated rings. The fourth-order valence-corrected chi connectivity index (χ4v) is 4.12. The molecule has 2 amide bonds. The van der Waals surface area contributed by atoms with Crippen molar-refractivity contribution in [2.75, 3.05) is 11.9 Å². The number of hydrogen-bond donors (Lipinski definition) is 1. The maximum absolute atomic E-state index is 12.7. The number of hydrogen-bond acceptors (Lipinski definition) is 6. The summed E-state index contributed by atoms with van der Waals surface area (Å²) in [6.45, 7) is 13.8. The van der Waals surface area contributed by atoms with Crippen LogP contribution in [0.5, 0.6) is 0 Å². The minimum absolute atomic E-state index is 0.0807. The van der Waals surface area contributed by atoms with E-state index in [1.54, 1.807) is 0 Å². The van der Waals surface area contributed by atoms with Crippen LogP contribution in [0, 0.1) is 0 Å². The van der Waals surface area contributed by atoms with E-state index < -0.39 is 17.3 Å². The van der Waals surface area contributed by atoms with Crippen molar-refractivity contribution in [1.29, 1.82) is 0 Å². The van der Waals surface area contributed by atoms with Crippen molar-refractivity contribution < 1.29 is 19.1 Å². The zero-order valence-electron chi connectivity index (χ0n) is 18.0. The summed E-state index contributed by atoms with van der Waals surface area (Å²) in [5, 5.41) is 3.26. The first-order valence-corrected chi connectivity index (χ1v) is 10.7. The van der Waals surface area contributed by atoms with Gasteiger partial charge in [0.2, 0.25) is 0 Å². The van der Waals surface area contributed by atoms with E-state index in [2.05, 4.69) is 17.2 Å². The van der Waals surface area contributed by atoms with E-state index in [-0.39, 0.29) is 12.1 Å². The second kappa shape index (κ2) is 8.68. The maximum Gasteiger partial charge on any atom is 0.413 e. The van der Waals surface area contributed by atoms with E-state index in [1.165, 1.54) is 11.3 Å². The van der Waals surface area contributed by atoms with Crippen molar-refractivity contribution >= 4 is 28.7 Å². The van der Waals surface area contributed by atoms with E-state index in [0.29, 0.717) is 11.7 Å². The van der Waals surface area contributed by atoms with Gasteiger partial charge in [0.05, 0.1) is 5.69 Å². The molecule has 1 aliphatic carbocycles. The smallest absolute Gasteiger partial charge is 0.413 e. The van der Waals surface area contributed by atoms with Crippen LogP contribution < -0.4 is 5.32 Å². The molecule has 0 aromatic carbocycles. The van der Waals surface area contributed by atoms with Crippen LogP contribution >= 0.6 is 11.3 Å². The van der Waals surface area contributed by atoms with Crippen molar-refractivity contribution in [3.05, 3.63) is 10.6 Å². The molecular weight excluding hydrogens is 378 g/mol. The first-order chi connectivity index (χ1) is 12.9. The molecule has 158 valence electrons. The topological polar surface area (TPSA) is 80.8 Å². The minimum Gasteiger partial charge on any atom is -0.444 e. The number of fused-ring (bicyclic) bond motifs is 1. The summed E-state index contributed by atoms with van der Waals surface area (Å²) in [5.41, 5.74) is -0.0779. The molecule has 1 aromatic rings. The fraction of sp³-hybridized carbons (Fsp3) is 0.750. The first-order valence-electron chi connectivity index (χ1n) is 9.86. The number of amides is 2. The summed E-state index contributed by atoms with van der Waals surface area (Å²) in [6.07, 6.45) is 2.44. The number of nitrogens with zero attached hydrogens (tertiary/aromatic N) is 2. The van der Waals surface area contributed by atoms with Crippen molar-refractivity contribution in [2.24, 2.45) is 0 Å².